The van der Waals surface area contributed by atoms with Gasteiger partial charge in [0.2, 0.25) is 5.91 Å². The first kappa shape index (κ1) is 18.3. The summed E-state index contributed by atoms with van der Waals surface area (Å²) in [4.78, 5) is 25.6. The van der Waals surface area contributed by atoms with E-state index in [4.69, 9.17) is 11.6 Å². The van der Waals surface area contributed by atoms with Gasteiger partial charge in [0.1, 0.15) is 6.04 Å². The van der Waals surface area contributed by atoms with E-state index in [0.717, 1.165) is 16.5 Å². The third-order valence-electron chi connectivity index (χ3n) is 4.02. The van der Waals surface area contributed by atoms with Crippen LogP contribution in [0.15, 0.2) is 42.5 Å². The maximum Gasteiger partial charge on any atom is 0.417 e. The van der Waals surface area contributed by atoms with Gasteiger partial charge in [-0.3, -0.25) is 9.59 Å². The zero-order valence-electron chi connectivity index (χ0n) is 13.6. The molecular weight excluding hydrogens is 369 g/mol. The predicted molar refractivity (Wildman–Crippen MR) is 92.2 cm³/mol. The zero-order chi connectivity index (χ0) is 19.1. The number of hydrogen-bond acceptors (Lipinski definition) is 3. The number of aryl methyl sites for hydroxylation is 1. The minimum absolute atomic E-state index is 0.142. The lowest BCUT2D eigenvalue weighted by Gasteiger charge is -2.18. The summed E-state index contributed by atoms with van der Waals surface area (Å²) in [6.07, 6.45) is -4.82. The highest BCUT2D eigenvalue weighted by Crippen LogP contribution is 2.38. The number of halogens is 4. The fourth-order valence-corrected chi connectivity index (χ4v) is 3.05. The summed E-state index contributed by atoms with van der Waals surface area (Å²) >= 11 is 5.59. The number of nitrogens with zero attached hydrogens (tertiary/aromatic N) is 1. The number of imide groups is 1. The summed E-state index contributed by atoms with van der Waals surface area (Å²) < 4.78 is 39.1. The molecule has 26 heavy (non-hydrogen) atoms. The molecule has 0 aliphatic carbocycles. The molecule has 0 aromatic heterocycles. The van der Waals surface area contributed by atoms with Crippen molar-refractivity contribution < 1.29 is 22.8 Å². The molecule has 3 rings (SSSR count). The van der Waals surface area contributed by atoms with Crippen molar-refractivity contribution in [3.63, 3.8) is 0 Å². The number of anilines is 2. The first-order valence-electron chi connectivity index (χ1n) is 7.73. The van der Waals surface area contributed by atoms with Gasteiger partial charge in [-0.25, -0.2) is 4.90 Å². The molecule has 0 saturated carbocycles. The molecule has 1 N–H and O–H groups in total. The lowest BCUT2D eigenvalue weighted by molar-refractivity contribution is -0.137. The highest BCUT2D eigenvalue weighted by Gasteiger charge is 2.41. The molecule has 1 heterocycles. The SMILES string of the molecule is Cc1cccc(N[C@H]2CC(=O)N(c3ccc(Cl)c(C(F)(F)F)c3)C2=O)c1. The van der Waals surface area contributed by atoms with Crippen LogP contribution in [0.1, 0.15) is 17.5 Å². The Hall–Kier alpha value is -2.54. The van der Waals surface area contributed by atoms with Crippen LogP contribution in [0, 0.1) is 6.92 Å². The van der Waals surface area contributed by atoms with Gasteiger partial charge >= 0.3 is 6.18 Å². The minimum Gasteiger partial charge on any atom is -0.373 e. The van der Waals surface area contributed by atoms with Crippen molar-refractivity contribution in [3.05, 3.63) is 58.6 Å². The Balaban J connectivity index is 1.88. The van der Waals surface area contributed by atoms with E-state index in [-0.39, 0.29) is 12.1 Å². The van der Waals surface area contributed by atoms with E-state index in [9.17, 15) is 22.8 Å². The third kappa shape index (κ3) is 3.53. The summed E-state index contributed by atoms with van der Waals surface area (Å²) in [6.45, 7) is 1.88. The summed E-state index contributed by atoms with van der Waals surface area (Å²) in [5, 5.41) is 2.47. The molecule has 2 aromatic rings. The molecule has 1 aliphatic rings. The van der Waals surface area contributed by atoms with E-state index in [1.807, 2.05) is 19.1 Å². The van der Waals surface area contributed by atoms with Gasteiger partial charge in [0.25, 0.3) is 5.91 Å². The summed E-state index contributed by atoms with van der Waals surface area (Å²) in [5.74, 6) is -1.18. The van der Waals surface area contributed by atoms with Crippen LogP contribution in [0.3, 0.4) is 0 Å². The molecule has 2 amide bonds. The zero-order valence-corrected chi connectivity index (χ0v) is 14.4. The standard InChI is InChI=1S/C18H14ClF3N2O2/c1-10-3-2-4-11(7-10)23-15-9-16(25)24(17(15)26)12-5-6-14(19)13(8-12)18(20,21)22/h2-8,15,23H,9H2,1H3/t15-/m0/s1. The van der Waals surface area contributed by atoms with Gasteiger partial charge in [0, 0.05) is 5.69 Å². The van der Waals surface area contributed by atoms with Crippen molar-refractivity contribution >= 4 is 34.8 Å². The van der Waals surface area contributed by atoms with E-state index in [2.05, 4.69) is 5.32 Å². The Morgan fingerprint density at radius 1 is 1.15 bits per heavy atom. The largest absolute Gasteiger partial charge is 0.417 e. The van der Waals surface area contributed by atoms with Crippen LogP contribution in [-0.4, -0.2) is 17.9 Å². The fourth-order valence-electron chi connectivity index (χ4n) is 2.82. The Morgan fingerprint density at radius 2 is 1.88 bits per heavy atom. The molecule has 2 aromatic carbocycles. The molecule has 0 radical (unpaired) electrons. The van der Waals surface area contributed by atoms with Gasteiger partial charge in [-0.15, -0.1) is 0 Å². The molecular formula is C18H14ClF3N2O2. The first-order chi connectivity index (χ1) is 12.2. The number of amides is 2. The van der Waals surface area contributed by atoms with Gasteiger partial charge < -0.3 is 5.32 Å². The van der Waals surface area contributed by atoms with Crippen molar-refractivity contribution in [2.75, 3.05) is 10.2 Å². The second-order valence-corrected chi connectivity index (χ2v) is 6.41. The van der Waals surface area contributed by atoms with Crippen LogP contribution in [0.2, 0.25) is 5.02 Å². The molecule has 8 heteroatoms. The van der Waals surface area contributed by atoms with Gasteiger partial charge in [-0.2, -0.15) is 13.2 Å². The average molecular weight is 383 g/mol. The van der Waals surface area contributed by atoms with E-state index < -0.39 is 34.6 Å². The second kappa shape index (κ2) is 6.64. The van der Waals surface area contributed by atoms with Crippen molar-refractivity contribution in [1.29, 1.82) is 0 Å². The molecule has 0 bridgehead atoms. The monoisotopic (exact) mass is 382 g/mol. The number of alkyl halides is 3. The Morgan fingerprint density at radius 3 is 2.54 bits per heavy atom. The summed E-state index contributed by atoms with van der Waals surface area (Å²) in [6, 6.07) is 9.37. The lowest BCUT2D eigenvalue weighted by atomic mass is 10.1. The Bertz CT molecular complexity index is 883. The molecule has 1 aliphatic heterocycles. The van der Waals surface area contributed by atoms with Crippen molar-refractivity contribution in [2.45, 2.75) is 25.6 Å². The van der Waals surface area contributed by atoms with Crippen LogP contribution in [-0.2, 0) is 15.8 Å². The summed E-state index contributed by atoms with van der Waals surface area (Å²) in [7, 11) is 0. The number of hydrogen-bond donors (Lipinski definition) is 1. The van der Waals surface area contributed by atoms with Crippen LogP contribution < -0.4 is 10.2 Å². The van der Waals surface area contributed by atoms with Gasteiger partial charge in [-0.05, 0) is 42.8 Å². The summed E-state index contributed by atoms with van der Waals surface area (Å²) in [5.41, 5.74) is 0.388. The molecule has 0 unspecified atom stereocenters. The highest BCUT2D eigenvalue weighted by atomic mass is 35.5. The van der Waals surface area contributed by atoms with E-state index in [0.29, 0.717) is 11.8 Å². The topological polar surface area (TPSA) is 49.4 Å². The lowest BCUT2D eigenvalue weighted by Crippen LogP contribution is -2.35. The minimum atomic E-state index is -4.68. The molecule has 1 fully saturated rings. The average Bonchev–Trinajstić information content (AvgIpc) is 2.81. The van der Waals surface area contributed by atoms with E-state index in [1.54, 1.807) is 12.1 Å². The number of nitrogens with one attached hydrogen (secondary N) is 1. The van der Waals surface area contributed by atoms with Crippen molar-refractivity contribution in [3.8, 4) is 0 Å². The normalized spacial score (nSPS) is 17.7. The Labute approximate surface area is 152 Å². The number of benzene rings is 2. The van der Waals surface area contributed by atoms with Crippen LogP contribution in [0.5, 0.6) is 0 Å². The maximum atomic E-state index is 13.0. The second-order valence-electron chi connectivity index (χ2n) is 6.00. The van der Waals surface area contributed by atoms with E-state index >= 15 is 0 Å². The quantitative estimate of drug-likeness (QED) is 0.800. The molecule has 1 atom stereocenters. The first-order valence-corrected chi connectivity index (χ1v) is 8.11. The predicted octanol–water partition coefficient (Wildman–Crippen LogP) is 4.41. The highest BCUT2D eigenvalue weighted by molar-refractivity contribution is 6.31. The van der Waals surface area contributed by atoms with E-state index in [1.165, 1.54) is 6.07 Å². The van der Waals surface area contributed by atoms with Crippen LogP contribution >= 0.6 is 11.6 Å². The van der Waals surface area contributed by atoms with Gasteiger partial charge in [0.05, 0.1) is 22.7 Å². The molecule has 0 spiro atoms. The van der Waals surface area contributed by atoms with Crippen LogP contribution in [0.4, 0.5) is 24.5 Å². The fraction of sp³-hybridized carbons (Fsp3) is 0.222. The number of rotatable bonds is 3. The number of carbonyl (C=O) groups excluding carboxylic acids is 2. The molecule has 1 saturated heterocycles. The van der Waals surface area contributed by atoms with Gasteiger partial charge in [-0.1, -0.05) is 23.7 Å². The number of carbonyl (C=O) groups is 2. The third-order valence-corrected chi connectivity index (χ3v) is 4.35. The molecule has 4 nitrogen and oxygen atoms in total. The van der Waals surface area contributed by atoms with Crippen LogP contribution in [0.25, 0.3) is 0 Å². The maximum absolute atomic E-state index is 13.0. The molecule has 136 valence electrons. The van der Waals surface area contributed by atoms with Crippen molar-refractivity contribution in [1.82, 2.24) is 0 Å². The smallest absolute Gasteiger partial charge is 0.373 e. The van der Waals surface area contributed by atoms with Crippen molar-refractivity contribution in [2.24, 2.45) is 0 Å². The Kier molecular flexibility index (Phi) is 4.66. The van der Waals surface area contributed by atoms with Gasteiger partial charge in [0.15, 0.2) is 0 Å².